The Kier molecular flexibility index (Phi) is 4.85. The van der Waals surface area contributed by atoms with E-state index in [1.165, 1.54) is 42.5 Å². The summed E-state index contributed by atoms with van der Waals surface area (Å²) >= 11 is 1.17. The van der Waals surface area contributed by atoms with Gasteiger partial charge in [0.2, 0.25) is 9.84 Å². The van der Waals surface area contributed by atoms with Crippen LogP contribution in [0.25, 0.3) is 0 Å². The minimum Gasteiger partial charge on any atom is -0.375 e. The first-order valence-corrected chi connectivity index (χ1v) is 10.3. The molecule has 25 heavy (non-hydrogen) atoms. The van der Waals surface area contributed by atoms with Crippen LogP contribution < -0.4 is 0 Å². The van der Waals surface area contributed by atoms with E-state index in [1.54, 1.807) is 13.2 Å². The zero-order chi connectivity index (χ0) is 18.2. The molecule has 1 fully saturated rings. The Labute approximate surface area is 151 Å². The smallest absolute Gasteiger partial charge is 0.215 e. The van der Waals surface area contributed by atoms with Gasteiger partial charge in [-0.05, 0) is 43.0 Å². The predicted molar refractivity (Wildman–Crippen MR) is 94.9 cm³/mol. The van der Waals surface area contributed by atoms with Crippen molar-refractivity contribution in [2.75, 3.05) is 13.7 Å². The molecule has 0 amide bonds. The summed E-state index contributed by atoms with van der Waals surface area (Å²) in [6.45, 7) is 3.96. The van der Waals surface area contributed by atoms with Crippen LogP contribution in [0, 0.1) is 0 Å². The van der Waals surface area contributed by atoms with Crippen molar-refractivity contribution < 1.29 is 22.7 Å². The Balaban J connectivity index is 1.97. The minimum absolute atomic E-state index is 0.0976. The molecular weight excluding hydrogens is 360 g/mol. The molecule has 1 aromatic carbocycles. The summed E-state index contributed by atoms with van der Waals surface area (Å²) in [4.78, 5) is 11.5. The van der Waals surface area contributed by atoms with Crippen molar-refractivity contribution in [2.24, 2.45) is 0 Å². The Morgan fingerprint density at radius 2 is 2.00 bits per heavy atom. The largest absolute Gasteiger partial charge is 0.375 e. The van der Waals surface area contributed by atoms with Crippen LogP contribution in [0.3, 0.4) is 0 Å². The fourth-order valence-electron chi connectivity index (χ4n) is 3.15. The Morgan fingerprint density at radius 3 is 2.52 bits per heavy atom. The van der Waals surface area contributed by atoms with Crippen LogP contribution >= 0.6 is 11.3 Å². The van der Waals surface area contributed by atoms with Gasteiger partial charge in [-0.25, -0.2) is 8.42 Å². The lowest BCUT2D eigenvalue weighted by molar-refractivity contribution is -0.0645. The number of Topliss-reactive ketones (excluding diaryl/α,β-unsaturated/α-hetero) is 1. The molecule has 2 atom stereocenters. The van der Waals surface area contributed by atoms with Gasteiger partial charge < -0.3 is 9.47 Å². The number of thiophene rings is 1. The summed E-state index contributed by atoms with van der Waals surface area (Å²) < 4.78 is 37.3. The summed E-state index contributed by atoms with van der Waals surface area (Å²) in [5.41, 5.74) is 0.702. The van der Waals surface area contributed by atoms with Crippen LogP contribution in [0.15, 0.2) is 44.8 Å². The maximum absolute atomic E-state index is 12.9. The first-order chi connectivity index (χ1) is 11.8. The number of hydrogen-bond acceptors (Lipinski definition) is 6. The highest BCUT2D eigenvalue weighted by atomic mass is 32.2. The number of carbonyl (C=O) groups is 1. The molecule has 5 nitrogen and oxygen atoms in total. The lowest BCUT2D eigenvalue weighted by Crippen LogP contribution is -2.35. The zero-order valence-electron chi connectivity index (χ0n) is 14.3. The van der Waals surface area contributed by atoms with E-state index in [1.807, 2.05) is 12.3 Å². The molecule has 1 aliphatic rings. The quantitative estimate of drug-likeness (QED) is 0.743. The van der Waals surface area contributed by atoms with Gasteiger partial charge in [-0.1, -0.05) is 12.1 Å². The van der Waals surface area contributed by atoms with Crippen LogP contribution in [-0.4, -0.2) is 34.0 Å². The highest BCUT2D eigenvalue weighted by Gasteiger charge is 2.44. The third kappa shape index (κ3) is 3.06. The molecule has 0 spiro atoms. The Morgan fingerprint density at radius 1 is 1.32 bits per heavy atom. The molecule has 0 bridgehead atoms. The molecule has 0 N–H and O–H groups in total. The van der Waals surface area contributed by atoms with Crippen molar-refractivity contribution in [2.45, 2.75) is 41.1 Å². The van der Waals surface area contributed by atoms with Gasteiger partial charge in [-0.15, -0.1) is 11.3 Å². The summed E-state index contributed by atoms with van der Waals surface area (Å²) in [5.74, 6) is -0.0976. The Hall–Kier alpha value is -1.54. The van der Waals surface area contributed by atoms with Crippen LogP contribution in [0.5, 0.6) is 0 Å². The van der Waals surface area contributed by atoms with Crippen LogP contribution in [-0.2, 0) is 24.9 Å². The van der Waals surface area contributed by atoms with E-state index in [2.05, 4.69) is 0 Å². The molecule has 0 unspecified atom stereocenters. The van der Waals surface area contributed by atoms with E-state index in [4.69, 9.17) is 9.47 Å². The van der Waals surface area contributed by atoms with Crippen molar-refractivity contribution in [3.05, 3.63) is 46.8 Å². The number of rotatable bonds is 5. The highest BCUT2D eigenvalue weighted by molar-refractivity contribution is 7.93. The number of ether oxygens (including phenoxy) is 2. The van der Waals surface area contributed by atoms with Gasteiger partial charge in [0.1, 0.15) is 9.81 Å². The number of methoxy groups -OCH3 is 1. The van der Waals surface area contributed by atoms with Crippen molar-refractivity contribution >= 4 is 27.0 Å². The van der Waals surface area contributed by atoms with Crippen molar-refractivity contribution in [1.29, 1.82) is 0 Å². The summed E-state index contributed by atoms with van der Waals surface area (Å²) in [5, 5.41) is 1.82. The molecule has 0 aliphatic carbocycles. The van der Waals surface area contributed by atoms with Crippen LogP contribution in [0.1, 0.15) is 36.2 Å². The van der Waals surface area contributed by atoms with Gasteiger partial charge in [0.25, 0.3) is 0 Å². The van der Waals surface area contributed by atoms with Crippen LogP contribution in [0.2, 0.25) is 0 Å². The monoisotopic (exact) mass is 380 g/mol. The topological polar surface area (TPSA) is 69.7 Å². The van der Waals surface area contributed by atoms with E-state index >= 15 is 0 Å². The summed E-state index contributed by atoms with van der Waals surface area (Å²) in [6, 6.07) is 7.69. The molecule has 0 saturated carbocycles. The first kappa shape index (κ1) is 18.3. The molecule has 134 valence electrons. The Bertz CT molecular complexity index is 882. The molecular formula is C18H20O5S2. The summed E-state index contributed by atoms with van der Waals surface area (Å²) in [7, 11) is -2.01. The molecule has 0 radical (unpaired) electrons. The lowest BCUT2D eigenvalue weighted by Gasteiger charge is -2.30. The third-order valence-corrected chi connectivity index (χ3v) is 7.97. The molecule has 2 heterocycles. The standard InChI is InChI=1S/C18H20O5S2/c1-12(19)14-4-6-16(7-5-14)25(20,21)17-10-15(11-24-17)18(22-3)8-9-23-13(18)2/h4-7,10-11,13H,8-9H2,1-3H3/t13-,18-/m1/s1. The minimum atomic E-state index is -3.63. The maximum atomic E-state index is 12.9. The fourth-order valence-corrected chi connectivity index (χ4v) is 5.81. The first-order valence-electron chi connectivity index (χ1n) is 7.93. The number of benzene rings is 1. The summed E-state index contributed by atoms with van der Waals surface area (Å²) in [6.07, 6.45) is 0.547. The van der Waals surface area contributed by atoms with Crippen molar-refractivity contribution in [3.63, 3.8) is 0 Å². The molecule has 1 aliphatic heterocycles. The van der Waals surface area contributed by atoms with E-state index < -0.39 is 15.4 Å². The van der Waals surface area contributed by atoms with Gasteiger partial charge in [0, 0.05) is 19.1 Å². The predicted octanol–water partition coefficient (Wildman–Crippen LogP) is 3.43. The molecule has 1 saturated heterocycles. The normalized spacial score (nSPS) is 23.7. The number of sulfone groups is 1. The fraction of sp³-hybridized carbons (Fsp3) is 0.389. The van der Waals surface area contributed by atoms with Gasteiger partial charge in [0.15, 0.2) is 5.78 Å². The third-order valence-electron chi connectivity index (χ3n) is 4.76. The molecule has 7 heteroatoms. The molecule has 2 aromatic rings. The second-order valence-corrected chi connectivity index (χ2v) is 9.18. The van der Waals surface area contributed by atoms with E-state index in [0.717, 1.165) is 5.56 Å². The number of carbonyl (C=O) groups excluding carboxylic acids is 1. The highest BCUT2D eigenvalue weighted by Crippen LogP contribution is 2.42. The number of hydrogen-bond donors (Lipinski definition) is 0. The van der Waals surface area contributed by atoms with E-state index in [0.29, 0.717) is 18.6 Å². The van der Waals surface area contributed by atoms with Crippen molar-refractivity contribution in [1.82, 2.24) is 0 Å². The van der Waals surface area contributed by atoms with Gasteiger partial charge in [-0.2, -0.15) is 0 Å². The lowest BCUT2D eigenvalue weighted by atomic mass is 9.90. The SMILES string of the molecule is CO[C@]1(c2csc(S(=O)(=O)c3ccc(C(C)=O)cc3)c2)CCO[C@@H]1C. The number of ketones is 1. The van der Waals surface area contributed by atoms with Crippen LogP contribution in [0.4, 0.5) is 0 Å². The molecule has 1 aromatic heterocycles. The second-order valence-electron chi connectivity index (χ2n) is 6.10. The van der Waals surface area contributed by atoms with Gasteiger partial charge in [0.05, 0.1) is 17.6 Å². The zero-order valence-corrected chi connectivity index (χ0v) is 15.9. The van der Waals surface area contributed by atoms with Gasteiger partial charge in [-0.3, -0.25) is 4.79 Å². The maximum Gasteiger partial charge on any atom is 0.215 e. The second kappa shape index (κ2) is 6.64. The van der Waals surface area contributed by atoms with E-state index in [9.17, 15) is 13.2 Å². The average Bonchev–Trinajstić information content (AvgIpc) is 3.22. The average molecular weight is 380 g/mol. The van der Waals surface area contributed by atoms with E-state index in [-0.39, 0.29) is 21.0 Å². The van der Waals surface area contributed by atoms with Gasteiger partial charge >= 0.3 is 0 Å². The van der Waals surface area contributed by atoms with Crippen molar-refractivity contribution in [3.8, 4) is 0 Å². The molecule has 3 rings (SSSR count).